The van der Waals surface area contributed by atoms with Gasteiger partial charge in [0.05, 0.1) is 0 Å². The smallest absolute Gasteiger partial charge is 0.248 e. The number of nitrogens with one attached hydrogen (secondary N) is 1. The molecule has 0 radical (unpaired) electrons. The standard InChI is InChI=1S/C21H16N2O2/c22-13-14-25-20-10-5-16(6-11-20)7-12-21(24)23-19-9-8-17-3-1-2-4-18(17)15-19/h1-12,15H,14H2,(H,23,24)/b12-7+. The molecular weight excluding hydrogens is 312 g/mol. The Bertz CT molecular complexity index is 954. The Labute approximate surface area is 146 Å². The van der Waals surface area contributed by atoms with E-state index in [-0.39, 0.29) is 12.5 Å². The molecular formula is C21H16N2O2. The summed E-state index contributed by atoms with van der Waals surface area (Å²) < 4.78 is 5.19. The molecule has 4 heteroatoms. The van der Waals surface area contributed by atoms with Gasteiger partial charge in [0.2, 0.25) is 5.91 Å². The lowest BCUT2D eigenvalue weighted by Crippen LogP contribution is -2.07. The second kappa shape index (κ2) is 7.80. The fourth-order valence-electron chi connectivity index (χ4n) is 2.41. The molecule has 3 rings (SSSR count). The van der Waals surface area contributed by atoms with E-state index in [2.05, 4.69) is 5.32 Å². The summed E-state index contributed by atoms with van der Waals surface area (Å²) in [6, 6.07) is 22.9. The number of ether oxygens (including phenoxy) is 1. The van der Waals surface area contributed by atoms with Crippen molar-refractivity contribution in [3.8, 4) is 11.8 Å². The predicted octanol–water partition coefficient (Wildman–Crippen LogP) is 4.39. The van der Waals surface area contributed by atoms with Crippen LogP contribution in [0.3, 0.4) is 0 Å². The van der Waals surface area contributed by atoms with Gasteiger partial charge in [-0.25, -0.2) is 0 Å². The van der Waals surface area contributed by atoms with E-state index in [0.717, 1.165) is 22.0 Å². The fourth-order valence-corrected chi connectivity index (χ4v) is 2.41. The molecule has 0 saturated heterocycles. The van der Waals surface area contributed by atoms with Crippen LogP contribution in [0.1, 0.15) is 5.56 Å². The highest BCUT2D eigenvalue weighted by Crippen LogP contribution is 2.19. The lowest BCUT2D eigenvalue weighted by atomic mass is 10.1. The van der Waals surface area contributed by atoms with Crippen LogP contribution in [0, 0.1) is 11.3 Å². The van der Waals surface area contributed by atoms with Crippen molar-refractivity contribution in [2.45, 2.75) is 0 Å². The highest BCUT2D eigenvalue weighted by atomic mass is 16.5. The molecule has 0 saturated carbocycles. The number of hydrogen-bond acceptors (Lipinski definition) is 3. The number of benzene rings is 3. The van der Waals surface area contributed by atoms with Gasteiger partial charge in [-0.05, 0) is 46.7 Å². The molecule has 0 heterocycles. The van der Waals surface area contributed by atoms with Crippen LogP contribution in [0.5, 0.6) is 5.75 Å². The lowest BCUT2D eigenvalue weighted by Gasteiger charge is -2.04. The maximum absolute atomic E-state index is 12.1. The zero-order chi connectivity index (χ0) is 17.5. The van der Waals surface area contributed by atoms with E-state index in [0.29, 0.717) is 5.75 Å². The minimum Gasteiger partial charge on any atom is -0.479 e. The van der Waals surface area contributed by atoms with Crippen LogP contribution in [-0.4, -0.2) is 12.5 Å². The summed E-state index contributed by atoms with van der Waals surface area (Å²) in [6.07, 6.45) is 3.21. The summed E-state index contributed by atoms with van der Waals surface area (Å²) in [5.41, 5.74) is 1.63. The van der Waals surface area contributed by atoms with Crippen LogP contribution in [0.25, 0.3) is 16.8 Å². The Morgan fingerprint density at radius 1 is 1.04 bits per heavy atom. The summed E-state index contributed by atoms with van der Waals surface area (Å²) in [6.45, 7) is 0.0172. The number of nitriles is 1. The molecule has 0 fully saturated rings. The average molecular weight is 328 g/mol. The SMILES string of the molecule is N#CCOc1ccc(/C=C/C(=O)Nc2ccc3ccccc3c2)cc1. The van der Waals surface area contributed by atoms with Gasteiger partial charge in [0, 0.05) is 11.8 Å². The third-order valence-corrected chi connectivity index (χ3v) is 3.63. The maximum atomic E-state index is 12.1. The summed E-state index contributed by atoms with van der Waals surface area (Å²) >= 11 is 0. The highest BCUT2D eigenvalue weighted by Gasteiger charge is 2.00. The number of anilines is 1. The van der Waals surface area contributed by atoms with Crippen molar-refractivity contribution in [2.24, 2.45) is 0 Å². The number of carbonyl (C=O) groups excluding carboxylic acids is 1. The zero-order valence-corrected chi connectivity index (χ0v) is 13.5. The van der Waals surface area contributed by atoms with Crippen LogP contribution in [0.2, 0.25) is 0 Å². The van der Waals surface area contributed by atoms with E-state index in [1.807, 2.05) is 60.7 Å². The molecule has 1 amide bonds. The molecule has 0 aliphatic rings. The summed E-state index contributed by atoms with van der Waals surface area (Å²) in [5.74, 6) is 0.430. The number of hydrogen-bond donors (Lipinski definition) is 1. The first-order valence-corrected chi connectivity index (χ1v) is 7.82. The third-order valence-electron chi connectivity index (χ3n) is 3.63. The average Bonchev–Trinajstić information content (AvgIpc) is 2.65. The number of carbonyl (C=O) groups is 1. The van der Waals surface area contributed by atoms with Gasteiger partial charge in [-0.2, -0.15) is 5.26 Å². The quantitative estimate of drug-likeness (QED) is 0.706. The van der Waals surface area contributed by atoms with Crippen molar-refractivity contribution in [3.63, 3.8) is 0 Å². The van der Waals surface area contributed by atoms with Crippen molar-refractivity contribution in [1.29, 1.82) is 5.26 Å². The molecule has 3 aromatic carbocycles. The molecule has 0 bridgehead atoms. The van der Waals surface area contributed by atoms with E-state index in [9.17, 15) is 4.79 Å². The Hall–Kier alpha value is -3.58. The summed E-state index contributed by atoms with van der Waals surface area (Å²) in [7, 11) is 0. The van der Waals surface area contributed by atoms with E-state index < -0.39 is 0 Å². The summed E-state index contributed by atoms with van der Waals surface area (Å²) in [5, 5.41) is 13.5. The minimum absolute atomic E-state index is 0.0172. The first-order valence-electron chi connectivity index (χ1n) is 7.82. The fraction of sp³-hybridized carbons (Fsp3) is 0.0476. The van der Waals surface area contributed by atoms with Crippen molar-refractivity contribution in [1.82, 2.24) is 0 Å². The Morgan fingerprint density at radius 2 is 1.80 bits per heavy atom. The zero-order valence-electron chi connectivity index (χ0n) is 13.5. The molecule has 4 nitrogen and oxygen atoms in total. The first-order chi connectivity index (χ1) is 12.2. The monoisotopic (exact) mass is 328 g/mol. The molecule has 0 spiro atoms. The van der Waals surface area contributed by atoms with Gasteiger partial charge in [0.1, 0.15) is 11.8 Å². The topological polar surface area (TPSA) is 62.1 Å². The van der Waals surface area contributed by atoms with Gasteiger partial charge >= 0.3 is 0 Å². The number of rotatable bonds is 5. The number of fused-ring (bicyclic) bond motifs is 1. The maximum Gasteiger partial charge on any atom is 0.248 e. The van der Waals surface area contributed by atoms with Crippen LogP contribution in [0.15, 0.2) is 72.8 Å². The molecule has 1 N–H and O–H groups in total. The normalized spacial score (nSPS) is 10.5. The van der Waals surface area contributed by atoms with Gasteiger partial charge in [-0.15, -0.1) is 0 Å². The molecule has 0 aromatic heterocycles. The second-order valence-corrected chi connectivity index (χ2v) is 5.40. The largest absolute Gasteiger partial charge is 0.479 e. The number of nitrogens with zero attached hydrogens (tertiary/aromatic N) is 1. The number of amides is 1. The Balaban J connectivity index is 1.63. The third kappa shape index (κ3) is 4.46. The van der Waals surface area contributed by atoms with E-state index in [4.69, 9.17) is 10.00 Å². The molecule has 122 valence electrons. The minimum atomic E-state index is -0.194. The highest BCUT2D eigenvalue weighted by molar-refractivity contribution is 6.03. The van der Waals surface area contributed by atoms with Crippen molar-refractivity contribution >= 4 is 28.4 Å². The van der Waals surface area contributed by atoms with E-state index in [1.165, 1.54) is 6.08 Å². The van der Waals surface area contributed by atoms with Crippen LogP contribution in [-0.2, 0) is 4.79 Å². The summed E-state index contributed by atoms with van der Waals surface area (Å²) in [4.78, 5) is 12.1. The predicted molar refractivity (Wildman–Crippen MR) is 99.2 cm³/mol. The van der Waals surface area contributed by atoms with Crippen molar-refractivity contribution < 1.29 is 9.53 Å². The van der Waals surface area contributed by atoms with Crippen molar-refractivity contribution in [3.05, 3.63) is 78.4 Å². The van der Waals surface area contributed by atoms with Gasteiger partial charge in [0.15, 0.2) is 6.61 Å². The lowest BCUT2D eigenvalue weighted by molar-refractivity contribution is -0.111. The first kappa shape index (κ1) is 16.3. The van der Waals surface area contributed by atoms with Crippen LogP contribution < -0.4 is 10.1 Å². The molecule has 0 aliphatic carbocycles. The van der Waals surface area contributed by atoms with Crippen LogP contribution in [0.4, 0.5) is 5.69 Å². The van der Waals surface area contributed by atoms with Crippen molar-refractivity contribution in [2.75, 3.05) is 11.9 Å². The van der Waals surface area contributed by atoms with Gasteiger partial charge in [0.25, 0.3) is 0 Å². The molecule has 0 aliphatic heterocycles. The van der Waals surface area contributed by atoms with E-state index >= 15 is 0 Å². The molecule has 0 unspecified atom stereocenters. The van der Waals surface area contributed by atoms with E-state index in [1.54, 1.807) is 18.2 Å². The Morgan fingerprint density at radius 3 is 2.56 bits per heavy atom. The van der Waals surface area contributed by atoms with Crippen LogP contribution >= 0.6 is 0 Å². The molecule has 0 atom stereocenters. The van der Waals surface area contributed by atoms with Gasteiger partial charge in [-0.3, -0.25) is 4.79 Å². The Kier molecular flexibility index (Phi) is 5.08. The molecule has 25 heavy (non-hydrogen) atoms. The van der Waals surface area contributed by atoms with Gasteiger partial charge in [-0.1, -0.05) is 42.5 Å². The second-order valence-electron chi connectivity index (χ2n) is 5.40. The van der Waals surface area contributed by atoms with Gasteiger partial charge < -0.3 is 10.1 Å². The molecule has 3 aromatic rings.